The minimum atomic E-state index is -4.52. The normalized spacial score (nSPS) is 16.0. The van der Waals surface area contributed by atoms with Crippen molar-refractivity contribution in [3.63, 3.8) is 0 Å². The highest BCUT2D eigenvalue weighted by Crippen LogP contribution is 2.36. The molecule has 288 valence electrons. The van der Waals surface area contributed by atoms with Crippen LogP contribution in [0, 0.1) is 17.5 Å². The number of pyridine rings is 1. The van der Waals surface area contributed by atoms with Gasteiger partial charge in [-0.25, -0.2) is 49.8 Å². The molecule has 1 amide bonds. The SMILES string of the molecule is CS(=O)(=O)c1ccc(CS(=O)(=O)Nc2c(F)cc(Oc3ncccc3-c3ccnc(N[C@H]4C[C@H](F)CN(C(=O)OCc5ccccc5)C4)n3)c(F)c2F)cc1. The summed E-state index contributed by atoms with van der Waals surface area (Å²) in [6.45, 7) is -0.0495. The minimum Gasteiger partial charge on any atom is -0.445 e. The maximum absolute atomic E-state index is 15.3. The Labute approximate surface area is 313 Å². The van der Waals surface area contributed by atoms with Crippen LogP contribution in [0.25, 0.3) is 11.3 Å². The topological polar surface area (TPSA) is 170 Å². The summed E-state index contributed by atoms with van der Waals surface area (Å²) < 4.78 is 122. The van der Waals surface area contributed by atoms with E-state index in [4.69, 9.17) is 9.47 Å². The van der Waals surface area contributed by atoms with Crippen LogP contribution in [0.2, 0.25) is 0 Å². The van der Waals surface area contributed by atoms with E-state index < -0.39 is 72.8 Å². The molecule has 55 heavy (non-hydrogen) atoms. The summed E-state index contributed by atoms with van der Waals surface area (Å²) in [7, 11) is -8.07. The number of amides is 1. The number of ether oxygens (including phenoxy) is 2. The number of aromatic nitrogens is 3. The fourth-order valence-corrected chi connectivity index (χ4v) is 7.45. The van der Waals surface area contributed by atoms with Crippen LogP contribution in [0.4, 0.5) is 34.0 Å². The van der Waals surface area contributed by atoms with Gasteiger partial charge in [0.2, 0.25) is 27.7 Å². The number of benzene rings is 3. The van der Waals surface area contributed by atoms with E-state index in [9.17, 15) is 26.0 Å². The zero-order valence-electron chi connectivity index (χ0n) is 28.8. The van der Waals surface area contributed by atoms with Gasteiger partial charge in [0.05, 0.1) is 28.5 Å². The molecule has 0 unspecified atom stereocenters. The summed E-state index contributed by atoms with van der Waals surface area (Å²) in [5.74, 6) is -7.20. The van der Waals surface area contributed by atoms with Crippen molar-refractivity contribution >= 4 is 37.6 Å². The quantitative estimate of drug-likeness (QED) is 0.108. The lowest BCUT2D eigenvalue weighted by Gasteiger charge is -2.34. The third kappa shape index (κ3) is 9.84. The molecule has 13 nitrogen and oxygen atoms in total. The first-order chi connectivity index (χ1) is 26.1. The highest BCUT2D eigenvalue weighted by molar-refractivity contribution is 7.92. The van der Waals surface area contributed by atoms with Crippen LogP contribution in [0.1, 0.15) is 17.5 Å². The molecule has 0 spiro atoms. The van der Waals surface area contributed by atoms with E-state index in [2.05, 4.69) is 20.3 Å². The Kier molecular flexibility index (Phi) is 11.5. The van der Waals surface area contributed by atoms with Crippen molar-refractivity contribution in [2.45, 2.75) is 35.9 Å². The van der Waals surface area contributed by atoms with Crippen LogP contribution in [0.5, 0.6) is 11.6 Å². The zero-order valence-corrected chi connectivity index (χ0v) is 30.5. The van der Waals surface area contributed by atoms with Crippen LogP contribution in [0.15, 0.2) is 96.2 Å². The summed E-state index contributed by atoms with van der Waals surface area (Å²) in [4.78, 5) is 26.6. The number of sulfone groups is 1. The molecule has 1 aliphatic rings. The summed E-state index contributed by atoms with van der Waals surface area (Å²) >= 11 is 0. The second-order valence-corrected chi connectivity index (χ2v) is 16.2. The second kappa shape index (κ2) is 16.3. The fourth-order valence-electron chi connectivity index (χ4n) is 5.62. The monoisotopic (exact) mass is 800 g/mol. The number of anilines is 2. The summed E-state index contributed by atoms with van der Waals surface area (Å²) in [5.41, 5.74) is -0.124. The Morgan fingerprint density at radius 3 is 2.36 bits per heavy atom. The minimum absolute atomic E-state index is 0.0190. The highest BCUT2D eigenvalue weighted by atomic mass is 32.2. The van der Waals surface area contributed by atoms with Gasteiger partial charge in [0.1, 0.15) is 18.5 Å². The number of likely N-dealkylation sites (tertiary alicyclic amines) is 1. The molecule has 1 fully saturated rings. The van der Waals surface area contributed by atoms with Crippen molar-refractivity contribution in [3.05, 3.63) is 120 Å². The molecule has 2 aromatic heterocycles. The molecule has 0 saturated carbocycles. The molecule has 0 radical (unpaired) electrons. The number of nitrogens with one attached hydrogen (secondary N) is 2. The van der Waals surface area contributed by atoms with E-state index in [1.165, 1.54) is 59.8 Å². The molecule has 0 bridgehead atoms. The van der Waals surface area contributed by atoms with Gasteiger partial charge < -0.3 is 19.7 Å². The maximum atomic E-state index is 15.3. The number of carbonyl (C=O) groups is 1. The summed E-state index contributed by atoms with van der Waals surface area (Å²) in [5, 5.41) is 3.01. The first-order valence-electron chi connectivity index (χ1n) is 16.4. The molecule has 3 aromatic carbocycles. The standard InChI is InChI=1S/C36H32F4N6O7S2/c1-54(48,49)26-11-9-23(10-12-26)21-55(50,51)45-33-28(38)17-30(31(39)32(33)40)53-34-27(8-5-14-41-34)29-13-15-42-35(44-29)43-25-16-24(37)18-46(19-25)36(47)52-20-22-6-3-2-4-7-22/h2-15,17,24-25,45H,16,18-21H2,1H3,(H,42,43,44)/t24-,25-/m0/s1. The van der Waals surface area contributed by atoms with Gasteiger partial charge in [-0.2, -0.15) is 4.39 Å². The van der Waals surface area contributed by atoms with Crippen molar-refractivity contribution < 1.29 is 48.7 Å². The smallest absolute Gasteiger partial charge is 0.410 e. The van der Waals surface area contributed by atoms with Gasteiger partial charge in [0, 0.05) is 43.7 Å². The van der Waals surface area contributed by atoms with Crippen molar-refractivity contribution in [1.82, 2.24) is 19.9 Å². The molecule has 3 heterocycles. The van der Waals surface area contributed by atoms with E-state index in [1.54, 1.807) is 29.0 Å². The summed E-state index contributed by atoms with van der Waals surface area (Å²) in [6, 6.07) is 18.1. The lowest BCUT2D eigenvalue weighted by molar-refractivity contribution is 0.0685. The maximum Gasteiger partial charge on any atom is 0.410 e. The lowest BCUT2D eigenvalue weighted by Crippen LogP contribution is -2.50. The number of piperidine rings is 1. The van der Waals surface area contributed by atoms with Gasteiger partial charge >= 0.3 is 6.09 Å². The number of rotatable bonds is 12. The molecule has 0 aliphatic carbocycles. The van der Waals surface area contributed by atoms with Gasteiger partial charge in [-0.05, 0) is 41.5 Å². The van der Waals surface area contributed by atoms with Crippen molar-refractivity contribution in [2.24, 2.45) is 0 Å². The molecule has 2 atom stereocenters. The molecule has 1 saturated heterocycles. The number of hydrogen-bond donors (Lipinski definition) is 2. The molecule has 5 aromatic rings. The fraction of sp³-hybridized carbons (Fsp3) is 0.222. The van der Waals surface area contributed by atoms with Gasteiger partial charge in [-0.15, -0.1) is 0 Å². The second-order valence-electron chi connectivity index (χ2n) is 12.5. The Hall–Kier alpha value is -5.82. The number of hydrogen-bond acceptors (Lipinski definition) is 11. The van der Waals surface area contributed by atoms with Crippen molar-refractivity contribution in [2.75, 3.05) is 29.4 Å². The predicted octanol–water partition coefficient (Wildman–Crippen LogP) is 6.25. The molecule has 1 aliphatic heterocycles. The van der Waals surface area contributed by atoms with Gasteiger partial charge in [0.25, 0.3) is 0 Å². The average Bonchev–Trinajstić information content (AvgIpc) is 3.15. The Morgan fingerprint density at radius 1 is 0.891 bits per heavy atom. The number of nitrogens with zero attached hydrogens (tertiary/aromatic N) is 4. The Balaban J connectivity index is 1.15. The van der Waals surface area contributed by atoms with Gasteiger partial charge in [-0.1, -0.05) is 42.5 Å². The number of carbonyl (C=O) groups excluding carboxylic acids is 1. The van der Waals surface area contributed by atoms with Gasteiger partial charge in [-0.3, -0.25) is 4.72 Å². The van der Waals surface area contributed by atoms with E-state index in [1.807, 2.05) is 6.07 Å². The van der Waals surface area contributed by atoms with Crippen molar-refractivity contribution in [1.29, 1.82) is 0 Å². The van der Waals surface area contributed by atoms with Crippen LogP contribution >= 0.6 is 0 Å². The third-order valence-electron chi connectivity index (χ3n) is 8.20. The Bertz CT molecular complexity index is 2410. The van der Waals surface area contributed by atoms with E-state index in [0.717, 1.165) is 11.8 Å². The van der Waals surface area contributed by atoms with Gasteiger partial charge in [0.15, 0.2) is 27.2 Å². The average molecular weight is 801 g/mol. The van der Waals surface area contributed by atoms with Crippen LogP contribution in [-0.2, 0) is 37.0 Å². The van der Waals surface area contributed by atoms with Crippen LogP contribution in [0.3, 0.4) is 0 Å². The first-order valence-corrected chi connectivity index (χ1v) is 20.0. The molecular weight excluding hydrogens is 769 g/mol. The lowest BCUT2D eigenvalue weighted by atomic mass is 10.0. The molecule has 6 rings (SSSR count). The third-order valence-corrected chi connectivity index (χ3v) is 10.6. The largest absolute Gasteiger partial charge is 0.445 e. The Morgan fingerprint density at radius 2 is 1.64 bits per heavy atom. The molecule has 19 heteroatoms. The number of halogens is 4. The van der Waals surface area contributed by atoms with Crippen molar-refractivity contribution in [3.8, 4) is 22.9 Å². The first kappa shape index (κ1) is 38.9. The molecule has 2 N–H and O–H groups in total. The number of sulfonamides is 1. The predicted molar refractivity (Wildman–Crippen MR) is 193 cm³/mol. The number of alkyl halides is 1. The van der Waals surface area contributed by atoms with Crippen LogP contribution < -0.4 is 14.8 Å². The zero-order chi connectivity index (χ0) is 39.3. The van der Waals surface area contributed by atoms with E-state index >= 15 is 13.2 Å². The van der Waals surface area contributed by atoms with E-state index in [0.29, 0.717) is 6.07 Å². The highest BCUT2D eigenvalue weighted by Gasteiger charge is 2.32. The molecular formula is C36H32F4N6O7S2. The summed E-state index contributed by atoms with van der Waals surface area (Å²) in [6.07, 6.45) is 1.59. The van der Waals surface area contributed by atoms with Crippen LogP contribution in [-0.4, -0.2) is 74.3 Å². The van der Waals surface area contributed by atoms with E-state index in [-0.39, 0.29) is 59.7 Å².